The largest absolute Gasteiger partial charge is 0.494 e. The lowest BCUT2D eigenvalue weighted by atomic mass is 10.2. The van der Waals surface area contributed by atoms with Crippen LogP contribution in [0.3, 0.4) is 0 Å². The summed E-state index contributed by atoms with van der Waals surface area (Å²) >= 11 is 5.32. The summed E-state index contributed by atoms with van der Waals surface area (Å²) in [6, 6.07) is 17.1. The van der Waals surface area contributed by atoms with Crippen molar-refractivity contribution in [2.75, 3.05) is 11.5 Å². The van der Waals surface area contributed by atoms with Crippen LogP contribution in [0.5, 0.6) is 5.75 Å². The van der Waals surface area contributed by atoms with Crippen molar-refractivity contribution in [3.05, 3.63) is 65.9 Å². The zero-order valence-electron chi connectivity index (χ0n) is 14.8. The number of hydrogen-bond donors (Lipinski definition) is 1. The second-order valence-electron chi connectivity index (χ2n) is 6.09. The Balaban J connectivity index is 1.68. The highest BCUT2D eigenvalue weighted by atomic mass is 32.1. The third-order valence-electron chi connectivity index (χ3n) is 4.10. The second kappa shape index (κ2) is 8.63. The Hall–Kier alpha value is -2.66. The standard InChI is InChI=1S/C21H22N2O2S/c1-2-3-7-14-25-18-12-10-16(11-13-18)15-19-20(24)23(21(26)22-19)17-8-5-4-6-9-17/h4-6,8-13,15H,2-3,7,14H2,1H3,(H,22,26)/b19-15+. The van der Waals surface area contributed by atoms with Crippen molar-refractivity contribution in [3.63, 3.8) is 0 Å². The molecule has 1 N–H and O–H groups in total. The normalized spacial score (nSPS) is 15.4. The minimum Gasteiger partial charge on any atom is -0.494 e. The van der Waals surface area contributed by atoms with E-state index >= 15 is 0 Å². The third-order valence-corrected chi connectivity index (χ3v) is 4.38. The second-order valence-corrected chi connectivity index (χ2v) is 6.48. The zero-order chi connectivity index (χ0) is 18.4. The fraction of sp³-hybridized carbons (Fsp3) is 0.238. The summed E-state index contributed by atoms with van der Waals surface area (Å²) in [6.45, 7) is 2.90. The van der Waals surface area contributed by atoms with E-state index in [1.54, 1.807) is 6.08 Å². The summed E-state index contributed by atoms with van der Waals surface area (Å²) in [5.41, 5.74) is 2.14. The Morgan fingerprint density at radius 3 is 2.50 bits per heavy atom. The molecule has 1 amide bonds. The SMILES string of the molecule is CCCCCOc1ccc(/C=C2/NC(=S)N(c3ccccc3)C2=O)cc1. The molecule has 2 aromatic carbocycles. The Bertz CT molecular complexity index is 801. The van der Waals surface area contributed by atoms with Crippen molar-refractivity contribution in [3.8, 4) is 5.75 Å². The highest BCUT2D eigenvalue weighted by Gasteiger charge is 2.31. The quantitative estimate of drug-likeness (QED) is 0.444. The monoisotopic (exact) mass is 366 g/mol. The molecule has 4 nitrogen and oxygen atoms in total. The average Bonchev–Trinajstić information content (AvgIpc) is 2.94. The Labute approximate surface area is 159 Å². The number of carbonyl (C=O) groups excluding carboxylic acids is 1. The first kappa shape index (κ1) is 18.1. The number of thiocarbonyl (C=S) groups is 1. The van der Waals surface area contributed by atoms with Crippen LogP contribution in [0, 0.1) is 0 Å². The summed E-state index contributed by atoms with van der Waals surface area (Å²) in [6.07, 6.45) is 5.22. The predicted molar refractivity (Wildman–Crippen MR) is 109 cm³/mol. The fourth-order valence-corrected chi connectivity index (χ4v) is 3.01. The number of anilines is 1. The van der Waals surface area contributed by atoms with Gasteiger partial charge in [-0.2, -0.15) is 0 Å². The van der Waals surface area contributed by atoms with Crippen molar-refractivity contribution >= 4 is 35.0 Å². The molecule has 1 aliphatic rings. The first-order chi connectivity index (χ1) is 12.7. The summed E-state index contributed by atoms with van der Waals surface area (Å²) in [4.78, 5) is 14.2. The van der Waals surface area contributed by atoms with Gasteiger partial charge in [-0.3, -0.25) is 9.69 Å². The van der Waals surface area contributed by atoms with E-state index < -0.39 is 0 Å². The van der Waals surface area contributed by atoms with Crippen molar-refractivity contribution in [1.82, 2.24) is 5.32 Å². The number of para-hydroxylation sites is 1. The summed E-state index contributed by atoms with van der Waals surface area (Å²) < 4.78 is 5.71. The van der Waals surface area contributed by atoms with Gasteiger partial charge in [0.15, 0.2) is 5.11 Å². The van der Waals surface area contributed by atoms with E-state index in [-0.39, 0.29) is 5.91 Å². The number of nitrogens with zero attached hydrogens (tertiary/aromatic N) is 1. The molecule has 0 bridgehead atoms. The smallest absolute Gasteiger partial charge is 0.281 e. The summed E-state index contributed by atoms with van der Waals surface area (Å²) in [5.74, 6) is 0.691. The molecule has 1 aliphatic heterocycles. The molecule has 26 heavy (non-hydrogen) atoms. The molecule has 0 aliphatic carbocycles. The molecule has 0 spiro atoms. The number of ether oxygens (including phenoxy) is 1. The van der Waals surface area contributed by atoms with Crippen molar-refractivity contribution in [2.45, 2.75) is 26.2 Å². The molecular formula is C21H22N2O2S. The minimum absolute atomic E-state index is 0.152. The molecule has 1 fully saturated rings. The number of benzene rings is 2. The number of rotatable bonds is 7. The molecule has 0 aromatic heterocycles. The first-order valence-electron chi connectivity index (χ1n) is 8.84. The van der Waals surface area contributed by atoms with Crippen LogP contribution in [0.15, 0.2) is 60.3 Å². The van der Waals surface area contributed by atoms with Gasteiger partial charge in [0.1, 0.15) is 11.4 Å². The molecule has 5 heteroatoms. The maximum atomic E-state index is 12.7. The van der Waals surface area contributed by atoms with Crippen LogP contribution in [0.1, 0.15) is 31.7 Å². The van der Waals surface area contributed by atoms with E-state index in [1.807, 2.05) is 54.6 Å². The van der Waals surface area contributed by atoms with E-state index in [2.05, 4.69) is 12.2 Å². The lowest BCUT2D eigenvalue weighted by Crippen LogP contribution is -2.30. The van der Waals surface area contributed by atoms with Crippen LogP contribution in [-0.2, 0) is 4.79 Å². The third kappa shape index (κ3) is 4.29. The highest BCUT2D eigenvalue weighted by molar-refractivity contribution is 7.80. The van der Waals surface area contributed by atoms with Gasteiger partial charge in [-0.1, -0.05) is 50.1 Å². The van der Waals surface area contributed by atoms with Gasteiger partial charge in [0.25, 0.3) is 5.91 Å². The molecular weight excluding hydrogens is 344 g/mol. The molecule has 0 radical (unpaired) electrons. The minimum atomic E-state index is -0.152. The van der Waals surface area contributed by atoms with Crippen LogP contribution in [0.25, 0.3) is 6.08 Å². The van der Waals surface area contributed by atoms with Gasteiger partial charge in [0, 0.05) is 0 Å². The van der Waals surface area contributed by atoms with E-state index in [0.29, 0.717) is 10.8 Å². The van der Waals surface area contributed by atoms with E-state index in [1.165, 1.54) is 17.7 Å². The Morgan fingerprint density at radius 1 is 1.08 bits per heavy atom. The Kier molecular flexibility index (Phi) is 6.02. The molecule has 134 valence electrons. The van der Waals surface area contributed by atoms with Gasteiger partial charge in [-0.25, -0.2) is 0 Å². The molecule has 2 aromatic rings. The predicted octanol–water partition coefficient (Wildman–Crippen LogP) is 4.52. The molecule has 0 atom stereocenters. The van der Waals surface area contributed by atoms with E-state index in [4.69, 9.17) is 17.0 Å². The number of amides is 1. The van der Waals surface area contributed by atoms with Crippen LogP contribution in [0.2, 0.25) is 0 Å². The van der Waals surface area contributed by atoms with Crippen LogP contribution in [0.4, 0.5) is 5.69 Å². The van der Waals surface area contributed by atoms with Crippen molar-refractivity contribution < 1.29 is 9.53 Å². The average molecular weight is 366 g/mol. The molecule has 1 saturated heterocycles. The summed E-state index contributed by atoms with van der Waals surface area (Å²) in [7, 11) is 0. The van der Waals surface area contributed by atoms with Gasteiger partial charge >= 0.3 is 0 Å². The molecule has 1 heterocycles. The molecule has 0 unspecified atom stereocenters. The van der Waals surface area contributed by atoms with Crippen molar-refractivity contribution in [1.29, 1.82) is 0 Å². The number of nitrogens with one attached hydrogen (secondary N) is 1. The molecule has 0 saturated carbocycles. The van der Waals surface area contributed by atoms with Gasteiger partial charge in [0.05, 0.1) is 12.3 Å². The summed E-state index contributed by atoms with van der Waals surface area (Å²) in [5, 5.41) is 3.39. The topological polar surface area (TPSA) is 41.6 Å². The van der Waals surface area contributed by atoms with E-state index in [0.717, 1.165) is 30.0 Å². The highest BCUT2D eigenvalue weighted by Crippen LogP contribution is 2.22. The first-order valence-corrected chi connectivity index (χ1v) is 9.25. The maximum absolute atomic E-state index is 12.7. The number of hydrogen-bond acceptors (Lipinski definition) is 3. The molecule has 3 rings (SSSR count). The van der Waals surface area contributed by atoms with Gasteiger partial charge in [-0.15, -0.1) is 0 Å². The fourth-order valence-electron chi connectivity index (χ4n) is 2.72. The maximum Gasteiger partial charge on any atom is 0.281 e. The lowest BCUT2D eigenvalue weighted by molar-refractivity contribution is -0.113. The van der Waals surface area contributed by atoms with Gasteiger partial charge in [-0.05, 0) is 54.5 Å². The van der Waals surface area contributed by atoms with Gasteiger partial charge < -0.3 is 10.1 Å². The lowest BCUT2D eigenvalue weighted by Gasteiger charge is -2.13. The Morgan fingerprint density at radius 2 is 1.81 bits per heavy atom. The number of carbonyl (C=O) groups is 1. The number of unbranched alkanes of at least 4 members (excludes halogenated alkanes) is 2. The van der Waals surface area contributed by atoms with Crippen LogP contribution < -0.4 is 15.0 Å². The zero-order valence-corrected chi connectivity index (χ0v) is 15.6. The van der Waals surface area contributed by atoms with Gasteiger partial charge in [0.2, 0.25) is 0 Å². The van der Waals surface area contributed by atoms with Crippen LogP contribution in [-0.4, -0.2) is 17.6 Å². The van der Waals surface area contributed by atoms with Crippen molar-refractivity contribution in [2.24, 2.45) is 0 Å². The van der Waals surface area contributed by atoms with E-state index in [9.17, 15) is 4.79 Å². The van der Waals surface area contributed by atoms with Crippen LogP contribution >= 0.6 is 12.2 Å².